The molecule has 152 valence electrons. The third-order valence-electron chi connectivity index (χ3n) is 3.79. The summed E-state index contributed by atoms with van der Waals surface area (Å²) < 4.78 is 25.3. The fourth-order valence-corrected chi connectivity index (χ4v) is 4.58. The Labute approximate surface area is 182 Å². The molecule has 0 radical (unpaired) electrons. The average Bonchev–Trinajstić information content (AvgIpc) is 3.07. The summed E-state index contributed by atoms with van der Waals surface area (Å²) in [6.07, 6.45) is 0.996. The number of hydrogen-bond acceptors (Lipinski definition) is 6. The summed E-state index contributed by atoms with van der Waals surface area (Å²) in [6, 6.07) is 12.0. The number of hydrogen-bond donors (Lipinski definition) is 1. The second-order valence-electron chi connectivity index (χ2n) is 6.22. The third-order valence-corrected chi connectivity index (χ3v) is 6.26. The summed E-state index contributed by atoms with van der Waals surface area (Å²) in [5, 5.41) is 12.0. The molecule has 0 saturated carbocycles. The highest BCUT2D eigenvalue weighted by Gasteiger charge is 2.22. The number of rotatable bonds is 6. The van der Waals surface area contributed by atoms with Gasteiger partial charge in [-0.15, -0.1) is 10.2 Å². The van der Waals surface area contributed by atoms with Crippen LogP contribution in [0.1, 0.15) is 5.56 Å². The number of aromatic nitrogens is 2. The van der Waals surface area contributed by atoms with Gasteiger partial charge in [-0.05, 0) is 25.1 Å². The molecule has 0 aliphatic carbocycles. The highest BCUT2D eigenvalue weighted by molar-refractivity contribution is 7.92. The first-order valence-electron chi connectivity index (χ1n) is 8.26. The minimum Gasteiger partial charge on any atom is -0.299 e. The molecule has 3 aromatic rings. The number of nitrogens with one attached hydrogen (secondary N) is 1. The fraction of sp³-hybridized carbons (Fsp3) is 0.167. The Morgan fingerprint density at radius 2 is 1.72 bits per heavy atom. The Balaban J connectivity index is 1.76. The average molecular weight is 471 g/mol. The SMILES string of the molecule is Cc1ccc(-c2nnc(NC(=O)CN(c3cc(Cl)cc(Cl)c3)S(C)(=O)=O)s2)cc1. The lowest BCUT2D eigenvalue weighted by Crippen LogP contribution is -2.37. The van der Waals surface area contributed by atoms with Crippen molar-refractivity contribution in [1.82, 2.24) is 10.2 Å². The molecule has 0 saturated heterocycles. The molecule has 0 aliphatic heterocycles. The van der Waals surface area contributed by atoms with Crippen molar-refractivity contribution in [2.75, 3.05) is 22.4 Å². The van der Waals surface area contributed by atoms with Gasteiger partial charge < -0.3 is 0 Å². The van der Waals surface area contributed by atoms with Crippen LogP contribution in [0.25, 0.3) is 10.6 Å². The highest BCUT2D eigenvalue weighted by atomic mass is 35.5. The Morgan fingerprint density at radius 3 is 2.31 bits per heavy atom. The van der Waals surface area contributed by atoms with E-state index in [4.69, 9.17) is 23.2 Å². The molecule has 7 nitrogen and oxygen atoms in total. The van der Waals surface area contributed by atoms with Gasteiger partial charge in [0.05, 0.1) is 11.9 Å². The zero-order chi connectivity index (χ0) is 21.2. The minimum absolute atomic E-state index is 0.192. The second kappa shape index (κ2) is 8.66. The van der Waals surface area contributed by atoms with Crippen molar-refractivity contribution >= 4 is 61.3 Å². The van der Waals surface area contributed by atoms with Gasteiger partial charge in [-0.1, -0.05) is 64.4 Å². The molecule has 0 fully saturated rings. The van der Waals surface area contributed by atoms with E-state index in [1.165, 1.54) is 29.5 Å². The van der Waals surface area contributed by atoms with Crippen LogP contribution in [0.15, 0.2) is 42.5 Å². The zero-order valence-electron chi connectivity index (χ0n) is 15.4. The summed E-state index contributed by atoms with van der Waals surface area (Å²) in [4.78, 5) is 12.5. The molecule has 0 spiro atoms. The van der Waals surface area contributed by atoms with Crippen LogP contribution in [-0.2, 0) is 14.8 Å². The number of amides is 1. The van der Waals surface area contributed by atoms with Gasteiger partial charge in [0.2, 0.25) is 21.1 Å². The molecule has 1 heterocycles. The lowest BCUT2D eigenvalue weighted by atomic mass is 10.2. The van der Waals surface area contributed by atoms with Crippen LogP contribution in [0.3, 0.4) is 0 Å². The predicted molar refractivity (Wildman–Crippen MR) is 117 cm³/mol. The van der Waals surface area contributed by atoms with E-state index in [1.807, 2.05) is 31.2 Å². The van der Waals surface area contributed by atoms with Crippen LogP contribution in [0.2, 0.25) is 10.0 Å². The lowest BCUT2D eigenvalue weighted by Gasteiger charge is -2.22. The maximum absolute atomic E-state index is 12.5. The number of benzene rings is 2. The van der Waals surface area contributed by atoms with E-state index in [2.05, 4.69) is 15.5 Å². The largest absolute Gasteiger partial charge is 0.299 e. The van der Waals surface area contributed by atoms with Crippen LogP contribution in [0.5, 0.6) is 0 Å². The highest BCUT2D eigenvalue weighted by Crippen LogP contribution is 2.28. The van der Waals surface area contributed by atoms with E-state index in [0.717, 1.165) is 21.7 Å². The first-order chi connectivity index (χ1) is 13.6. The van der Waals surface area contributed by atoms with Gasteiger partial charge in [-0.3, -0.25) is 14.4 Å². The topological polar surface area (TPSA) is 92.3 Å². The number of sulfonamides is 1. The summed E-state index contributed by atoms with van der Waals surface area (Å²) in [5.74, 6) is -0.571. The van der Waals surface area contributed by atoms with E-state index < -0.39 is 22.5 Å². The number of carbonyl (C=O) groups excluding carboxylic acids is 1. The Hall–Kier alpha value is -2.20. The number of carbonyl (C=O) groups is 1. The fourth-order valence-electron chi connectivity index (χ4n) is 2.46. The van der Waals surface area contributed by atoms with Crippen molar-refractivity contribution in [3.8, 4) is 10.6 Å². The standard InChI is InChI=1S/C18H16Cl2N4O3S2/c1-11-3-5-12(6-4-11)17-22-23-18(28-17)21-16(25)10-24(29(2,26)27)15-8-13(19)7-14(20)9-15/h3-9H,10H2,1-2H3,(H,21,23,25). The van der Waals surface area contributed by atoms with Crippen LogP contribution < -0.4 is 9.62 Å². The van der Waals surface area contributed by atoms with Gasteiger partial charge in [0.1, 0.15) is 11.6 Å². The maximum Gasteiger partial charge on any atom is 0.246 e. The van der Waals surface area contributed by atoms with Crippen molar-refractivity contribution < 1.29 is 13.2 Å². The van der Waals surface area contributed by atoms with Crippen molar-refractivity contribution in [1.29, 1.82) is 0 Å². The van der Waals surface area contributed by atoms with Gasteiger partial charge in [-0.2, -0.15) is 0 Å². The molecule has 0 bridgehead atoms. The number of nitrogens with zero attached hydrogens (tertiary/aromatic N) is 3. The van der Waals surface area contributed by atoms with Crippen molar-refractivity contribution in [2.24, 2.45) is 0 Å². The lowest BCUT2D eigenvalue weighted by molar-refractivity contribution is -0.114. The third kappa shape index (κ3) is 5.66. The summed E-state index contributed by atoms with van der Waals surface area (Å²) >= 11 is 13.1. The molecule has 1 N–H and O–H groups in total. The van der Waals surface area contributed by atoms with E-state index in [-0.39, 0.29) is 20.9 Å². The zero-order valence-corrected chi connectivity index (χ0v) is 18.5. The molecule has 29 heavy (non-hydrogen) atoms. The van der Waals surface area contributed by atoms with Gasteiger partial charge in [0.25, 0.3) is 0 Å². The normalized spacial score (nSPS) is 11.3. The Morgan fingerprint density at radius 1 is 1.10 bits per heavy atom. The van der Waals surface area contributed by atoms with E-state index in [1.54, 1.807) is 0 Å². The van der Waals surface area contributed by atoms with Gasteiger partial charge in [0, 0.05) is 15.6 Å². The Bertz CT molecular complexity index is 1130. The maximum atomic E-state index is 12.5. The molecule has 1 amide bonds. The van der Waals surface area contributed by atoms with Crippen molar-refractivity contribution in [3.05, 3.63) is 58.1 Å². The van der Waals surface area contributed by atoms with Gasteiger partial charge in [-0.25, -0.2) is 8.42 Å². The molecule has 3 rings (SSSR count). The van der Waals surface area contributed by atoms with Crippen LogP contribution >= 0.6 is 34.5 Å². The quantitative estimate of drug-likeness (QED) is 0.581. The Kier molecular flexibility index (Phi) is 6.42. The van der Waals surface area contributed by atoms with Gasteiger partial charge in [0.15, 0.2) is 0 Å². The van der Waals surface area contributed by atoms with Crippen molar-refractivity contribution in [2.45, 2.75) is 6.92 Å². The summed E-state index contributed by atoms with van der Waals surface area (Å²) in [6.45, 7) is 1.52. The first kappa shape index (κ1) is 21.5. The first-order valence-corrected chi connectivity index (χ1v) is 11.7. The second-order valence-corrected chi connectivity index (χ2v) is 9.98. The summed E-state index contributed by atoms with van der Waals surface area (Å²) in [5.41, 5.74) is 2.19. The van der Waals surface area contributed by atoms with Crippen LogP contribution in [0, 0.1) is 6.92 Å². The molecular formula is C18H16Cl2N4O3S2. The molecule has 1 aromatic heterocycles. The van der Waals surface area contributed by atoms with Gasteiger partial charge >= 0.3 is 0 Å². The van der Waals surface area contributed by atoms with Crippen LogP contribution in [-0.4, -0.2) is 37.3 Å². The van der Waals surface area contributed by atoms with Crippen LogP contribution in [0.4, 0.5) is 10.8 Å². The molecule has 0 unspecified atom stereocenters. The molecule has 0 atom stereocenters. The molecule has 2 aromatic carbocycles. The smallest absolute Gasteiger partial charge is 0.246 e. The van der Waals surface area contributed by atoms with Crippen molar-refractivity contribution in [3.63, 3.8) is 0 Å². The molecule has 0 aliphatic rings. The van der Waals surface area contributed by atoms with E-state index in [9.17, 15) is 13.2 Å². The molecular weight excluding hydrogens is 455 g/mol. The molecule has 11 heteroatoms. The summed E-state index contributed by atoms with van der Waals surface area (Å²) in [7, 11) is -3.76. The monoisotopic (exact) mass is 470 g/mol. The van der Waals surface area contributed by atoms with E-state index >= 15 is 0 Å². The number of aryl methyl sites for hydroxylation is 1. The number of halogens is 2. The van der Waals surface area contributed by atoms with E-state index in [0.29, 0.717) is 5.01 Å². The predicted octanol–water partition coefficient (Wildman–Crippen LogP) is 4.23. The number of anilines is 2. The minimum atomic E-state index is -3.76.